The molecule has 0 spiro atoms. The molecule has 2 aromatic rings. The van der Waals surface area contributed by atoms with Gasteiger partial charge in [0.1, 0.15) is 12.4 Å². The summed E-state index contributed by atoms with van der Waals surface area (Å²) in [5.74, 6) is 1.97. The SMILES string of the molecule is CCOCc1nnc2n1CCN(Cc1cncc(C)n1)[C@H](C)C2. The van der Waals surface area contributed by atoms with Crippen LogP contribution in [-0.4, -0.2) is 48.8 Å². The molecular formula is C16H24N6O. The van der Waals surface area contributed by atoms with E-state index in [1.54, 1.807) is 6.20 Å². The van der Waals surface area contributed by atoms with Gasteiger partial charge in [0.2, 0.25) is 0 Å². The van der Waals surface area contributed by atoms with E-state index in [0.29, 0.717) is 19.3 Å². The monoisotopic (exact) mass is 316 g/mol. The second-order valence-corrected chi connectivity index (χ2v) is 6.00. The first-order chi connectivity index (χ1) is 11.2. The lowest BCUT2D eigenvalue weighted by Crippen LogP contribution is -2.34. The van der Waals surface area contributed by atoms with Crippen LogP contribution in [0.3, 0.4) is 0 Å². The number of hydrogen-bond donors (Lipinski definition) is 0. The van der Waals surface area contributed by atoms with Crippen molar-refractivity contribution in [1.82, 2.24) is 29.6 Å². The van der Waals surface area contributed by atoms with Crippen LogP contribution in [-0.2, 0) is 30.9 Å². The van der Waals surface area contributed by atoms with Crippen LogP contribution >= 0.6 is 0 Å². The Morgan fingerprint density at radius 1 is 1.26 bits per heavy atom. The van der Waals surface area contributed by atoms with Crippen LogP contribution in [0, 0.1) is 6.92 Å². The molecule has 0 amide bonds. The Morgan fingerprint density at radius 3 is 2.91 bits per heavy atom. The summed E-state index contributed by atoms with van der Waals surface area (Å²) < 4.78 is 7.69. The molecular weight excluding hydrogens is 292 g/mol. The van der Waals surface area contributed by atoms with E-state index in [-0.39, 0.29) is 0 Å². The van der Waals surface area contributed by atoms with Gasteiger partial charge >= 0.3 is 0 Å². The first kappa shape index (κ1) is 16.0. The van der Waals surface area contributed by atoms with Gasteiger partial charge in [0.05, 0.1) is 11.4 Å². The van der Waals surface area contributed by atoms with Gasteiger partial charge in [0.15, 0.2) is 5.82 Å². The van der Waals surface area contributed by atoms with Crippen molar-refractivity contribution in [3.63, 3.8) is 0 Å². The Hall–Kier alpha value is -1.86. The van der Waals surface area contributed by atoms with Gasteiger partial charge in [-0.2, -0.15) is 0 Å². The lowest BCUT2D eigenvalue weighted by atomic mass is 10.2. The Balaban J connectivity index is 1.71. The zero-order chi connectivity index (χ0) is 16.2. The van der Waals surface area contributed by atoms with Crippen LogP contribution in [0.25, 0.3) is 0 Å². The molecule has 0 unspecified atom stereocenters. The molecule has 2 aromatic heterocycles. The summed E-state index contributed by atoms with van der Waals surface area (Å²) in [7, 11) is 0. The highest BCUT2D eigenvalue weighted by molar-refractivity contribution is 5.04. The van der Waals surface area contributed by atoms with E-state index in [1.807, 2.05) is 20.0 Å². The summed E-state index contributed by atoms with van der Waals surface area (Å²) in [6.07, 6.45) is 4.53. The molecule has 23 heavy (non-hydrogen) atoms. The standard InChI is InChI=1S/C16H24N6O/c1-4-23-11-16-20-19-15-7-13(3)21(5-6-22(15)16)10-14-9-17-8-12(2)18-14/h8-9,13H,4-7,10-11H2,1-3H3/t13-/m1/s1. The summed E-state index contributed by atoms with van der Waals surface area (Å²) in [6, 6.07) is 0.391. The Morgan fingerprint density at radius 2 is 2.13 bits per heavy atom. The van der Waals surface area contributed by atoms with E-state index in [2.05, 4.69) is 36.6 Å². The van der Waals surface area contributed by atoms with Gasteiger partial charge in [-0.1, -0.05) is 0 Å². The third-order valence-corrected chi connectivity index (χ3v) is 4.22. The van der Waals surface area contributed by atoms with Gasteiger partial charge in [0, 0.05) is 51.1 Å². The van der Waals surface area contributed by atoms with Gasteiger partial charge in [-0.05, 0) is 20.8 Å². The van der Waals surface area contributed by atoms with Crippen LogP contribution in [0.5, 0.6) is 0 Å². The lowest BCUT2D eigenvalue weighted by Gasteiger charge is -2.25. The van der Waals surface area contributed by atoms with Crippen molar-refractivity contribution in [3.05, 3.63) is 35.4 Å². The van der Waals surface area contributed by atoms with E-state index in [9.17, 15) is 0 Å². The van der Waals surface area contributed by atoms with E-state index in [4.69, 9.17) is 4.74 Å². The zero-order valence-electron chi connectivity index (χ0n) is 14.1. The fraction of sp³-hybridized carbons (Fsp3) is 0.625. The molecule has 0 N–H and O–H groups in total. The van der Waals surface area contributed by atoms with Gasteiger partial charge in [-0.25, -0.2) is 0 Å². The predicted octanol–water partition coefficient (Wildman–Crippen LogP) is 1.36. The largest absolute Gasteiger partial charge is 0.374 e. The number of nitrogens with zero attached hydrogens (tertiary/aromatic N) is 6. The molecule has 0 aliphatic carbocycles. The Bertz CT molecular complexity index is 656. The average Bonchev–Trinajstić information content (AvgIpc) is 2.83. The molecule has 0 fully saturated rings. The van der Waals surface area contributed by atoms with Crippen LogP contribution in [0.4, 0.5) is 0 Å². The molecule has 1 aliphatic heterocycles. The number of fused-ring (bicyclic) bond motifs is 1. The zero-order valence-corrected chi connectivity index (χ0v) is 14.1. The summed E-state index contributed by atoms with van der Waals surface area (Å²) >= 11 is 0. The summed E-state index contributed by atoms with van der Waals surface area (Å²) in [4.78, 5) is 11.2. The molecule has 124 valence electrons. The number of aromatic nitrogens is 5. The van der Waals surface area contributed by atoms with E-state index < -0.39 is 0 Å². The van der Waals surface area contributed by atoms with Crippen molar-refractivity contribution in [2.24, 2.45) is 0 Å². The second kappa shape index (κ2) is 7.14. The molecule has 1 atom stereocenters. The minimum Gasteiger partial charge on any atom is -0.374 e. The number of ether oxygens (including phenoxy) is 1. The highest BCUT2D eigenvalue weighted by atomic mass is 16.5. The first-order valence-electron chi connectivity index (χ1n) is 8.17. The smallest absolute Gasteiger partial charge is 0.159 e. The van der Waals surface area contributed by atoms with Crippen molar-refractivity contribution >= 4 is 0 Å². The van der Waals surface area contributed by atoms with Crippen molar-refractivity contribution in [2.45, 2.75) is 52.9 Å². The summed E-state index contributed by atoms with van der Waals surface area (Å²) in [5, 5.41) is 8.63. The predicted molar refractivity (Wildman–Crippen MR) is 85.7 cm³/mol. The normalized spacial score (nSPS) is 18.7. The molecule has 0 saturated carbocycles. The maximum absolute atomic E-state index is 5.49. The number of aryl methyl sites for hydroxylation is 1. The molecule has 7 heteroatoms. The van der Waals surface area contributed by atoms with E-state index in [1.165, 1.54) is 0 Å². The molecule has 0 bridgehead atoms. The number of hydrogen-bond acceptors (Lipinski definition) is 6. The third kappa shape index (κ3) is 3.73. The van der Waals surface area contributed by atoms with Crippen molar-refractivity contribution < 1.29 is 4.74 Å². The maximum atomic E-state index is 5.49. The molecule has 0 saturated heterocycles. The minimum atomic E-state index is 0.391. The van der Waals surface area contributed by atoms with Crippen LogP contribution in [0.15, 0.2) is 12.4 Å². The molecule has 1 aliphatic rings. The molecule has 0 radical (unpaired) electrons. The summed E-state index contributed by atoms with van der Waals surface area (Å²) in [6.45, 7) is 10.1. The fourth-order valence-corrected chi connectivity index (χ4v) is 2.96. The van der Waals surface area contributed by atoms with Crippen molar-refractivity contribution in [2.75, 3.05) is 13.2 Å². The summed E-state index contributed by atoms with van der Waals surface area (Å²) in [5.41, 5.74) is 1.98. The average molecular weight is 316 g/mol. The maximum Gasteiger partial charge on any atom is 0.159 e. The second-order valence-electron chi connectivity index (χ2n) is 6.00. The Labute approximate surface area is 136 Å². The first-order valence-corrected chi connectivity index (χ1v) is 8.17. The van der Waals surface area contributed by atoms with Gasteiger partial charge < -0.3 is 9.30 Å². The van der Waals surface area contributed by atoms with Crippen molar-refractivity contribution in [1.29, 1.82) is 0 Å². The molecule has 0 aromatic carbocycles. The van der Waals surface area contributed by atoms with Gasteiger partial charge in [-0.15, -0.1) is 10.2 Å². The van der Waals surface area contributed by atoms with Gasteiger partial charge in [0.25, 0.3) is 0 Å². The molecule has 3 rings (SSSR count). The van der Waals surface area contributed by atoms with Crippen molar-refractivity contribution in [3.8, 4) is 0 Å². The van der Waals surface area contributed by atoms with Gasteiger partial charge in [-0.3, -0.25) is 14.9 Å². The highest BCUT2D eigenvalue weighted by Gasteiger charge is 2.24. The molecule has 3 heterocycles. The van der Waals surface area contributed by atoms with Crippen LogP contribution in [0.2, 0.25) is 0 Å². The molecule has 7 nitrogen and oxygen atoms in total. The highest BCUT2D eigenvalue weighted by Crippen LogP contribution is 2.17. The Kier molecular flexibility index (Phi) is 4.97. The quantitative estimate of drug-likeness (QED) is 0.829. The van der Waals surface area contributed by atoms with Crippen LogP contribution in [0.1, 0.15) is 36.9 Å². The topological polar surface area (TPSA) is 69.0 Å². The van der Waals surface area contributed by atoms with Crippen LogP contribution < -0.4 is 0 Å². The van der Waals surface area contributed by atoms with E-state index in [0.717, 1.165) is 49.1 Å². The lowest BCUT2D eigenvalue weighted by molar-refractivity contribution is 0.124. The number of rotatable bonds is 5. The third-order valence-electron chi connectivity index (χ3n) is 4.22. The van der Waals surface area contributed by atoms with E-state index >= 15 is 0 Å². The fourth-order valence-electron chi connectivity index (χ4n) is 2.96. The minimum absolute atomic E-state index is 0.391.